The highest BCUT2D eigenvalue weighted by molar-refractivity contribution is 7.20. The van der Waals surface area contributed by atoms with Gasteiger partial charge in [0.25, 0.3) is 11.5 Å². The number of aryl methyl sites for hydroxylation is 1. The van der Waals surface area contributed by atoms with E-state index in [1.165, 1.54) is 17.7 Å². The van der Waals surface area contributed by atoms with E-state index in [1.54, 1.807) is 0 Å². The van der Waals surface area contributed by atoms with E-state index in [9.17, 15) is 14.4 Å². The molecule has 2 bridgehead atoms. The predicted octanol–water partition coefficient (Wildman–Crippen LogP) is 1.86. The number of aromatic nitrogens is 2. The van der Waals surface area contributed by atoms with E-state index >= 15 is 0 Å². The summed E-state index contributed by atoms with van der Waals surface area (Å²) in [5.74, 6) is 0.201. The van der Waals surface area contributed by atoms with Gasteiger partial charge in [0.1, 0.15) is 11.1 Å². The summed E-state index contributed by atoms with van der Waals surface area (Å²) in [6.07, 6.45) is 6.49. The molecule has 9 nitrogen and oxygen atoms in total. The predicted molar refractivity (Wildman–Crippen MR) is 114 cm³/mol. The first-order valence-corrected chi connectivity index (χ1v) is 11.8. The molecule has 2 aromatic rings. The molecule has 0 radical (unpaired) electrons. The Hall–Kier alpha value is -2.46. The monoisotopic (exact) mass is 443 g/mol. The Morgan fingerprint density at radius 3 is 2.77 bits per heavy atom. The molecule has 4 aliphatic rings. The molecule has 2 aromatic heterocycles. The van der Waals surface area contributed by atoms with Gasteiger partial charge < -0.3 is 25.3 Å². The second kappa shape index (κ2) is 6.77. The SMILES string of the molecule is Cc1c(C(=O)N2[C@H]3CC[C@H]2CC2(C3)NC(=O)N[C@H]3OCCC[C@H]32)sc2nc[nH]c(=O)c12. The van der Waals surface area contributed by atoms with Crippen molar-refractivity contribution in [3.8, 4) is 0 Å². The fourth-order valence-corrected chi connectivity index (χ4v) is 7.49. The molecule has 4 saturated heterocycles. The number of rotatable bonds is 1. The number of H-pyrrole nitrogens is 1. The molecule has 0 aliphatic carbocycles. The van der Waals surface area contributed by atoms with Crippen LogP contribution >= 0.6 is 11.3 Å². The molecular formula is C21H25N5O4S. The third-order valence-corrected chi connectivity index (χ3v) is 8.84. The van der Waals surface area contributed by atoms with Gasteiger partial charge >= 0.3 is 6.03 Å². The van der Waals surface area contributed by atoms with E-state index in [0.29, 0.717) is 27.3 Å². The minimum absolute atomic E-state index is 0.0149. The summed E-state index contributed by atoms with van der Waals surface area (Å²) in [7, 11) is 0. The van der Waals surface area contributed by atoms with Crippen molar-refractivity contribution in [3.05, 3.63) is 27.1 Å². The van der Waals surface area contributed by atoms with Crippen molar-refractivity contribution < 1.29 is 14.3 Å². The quantitative estimate of drug-likeness (QED) is 0.622. The lowest BCUT2D eigenvalue weighted by Crippen LogP contribution is -2.73. The Bertz CT molecular complexity index is 1130. The van der Waals surface area contributed by atoms with Crippen molar-refractivity contribution in [3.63, 3.8) is 0 Å². The smallest absolute Gasteiger partial charge is 0.317 e. The number of fused-ring (bicyclic) bond motifs is 5. The Morgan fingerprint density at radius 1 is 1.26 bits per heavy atom. The van der Waals surface area contributed by atoms with Crippen LogP contribution in [-0.4, -0.2) is 57.3 Å². The van der Waals surface area contributed by atoms with E-state index < -0.39 is 0 Å². The topological polar surface area (TPSA) is 116 Å². The highest BCUT2D eigenvalue weighted by Crippen LogP contribution is 2.48. The fraction of sp³-hybridized carbons (Fsp3) is 0.619. The second-order valence-electron chi connectivity index (χ2n) is 9.27. The number of urea groups is 1. The molecule has 4 aliphatic heterocycles. The number of amides is 3. The van der Waals surface area contributed by atoms with Gasteiger partial charge in [-0.1, -0.05) is 0 Å². The van der Waals surface area contributed by atoms with Crippen molar-refractivity contribution in [2.45, 2.75) is 69.3 Å². The van der Waals surface area contributed by atoms with Crippen molar-refractivity contribution in [1.29, 1.82) is 0 Å². The summed E-state index contributed by atoms with van der Waals surface area (Å²) >= 11 is 1.30. The van der Waals surface area contributed by atoms with Crippen LogP contribution in [0.3, 0.4) is 0 Å². The second-order valence-corrected chi connectivity index (χ2v) is 10.3. The zero-order chi connectivity index (χ0) is 21.3. The molecule has 31 heavy (non-hydrogen) atoms. The van der Waals surface area contributed by atoms with Crippen LogP contribution in [0, 0.1) is 12.8 Å². The zero-order valence-electron chi connectivity index (χ0n) is 17.3. The van der Waals surface area contributed by atoms with E-state index in [4.69, 9.17) is 4.74 Å². The molecule has 6 rings (SSSR count). The van der Waals surface area contributed by atoms with Crippen molar-refractivity contribution in [2.24, 2.45) is 5.92 Å². The first-order chi connectivity index (χ1) is 15.0. The van der Waals surface area contributed by atoms with Crippen molar-refractivity contribution in [1.82, 2.24) is 25.5 Å². The molecule has 6 heterocycles. The summed E-state index contributed by atoms with van der Waals surface area (Å²) < 4.78 is 5.88. The van der Waals surface area contributed by atoms with Crippen LogP contribution in [0.15, 0.2) is 11.1 Å². The van der Waals surface area contributed by atoms with Gasteiger partial charge in [-0.15, -0.1) is 11.3 Å². The van der Waals surface area contributed by atoms with Gasteiger partial charge in [-0.25, -0.2) is 9.78 Å². The van der Waals surface area contributed by atoms with E-state index in [-0.39, 0.29) is 47.3 Å². The number of aromatic amines is 1. The van der Waals surface area contributed by atoms with Crippen LogP contribution in [0.5, 0.6) is 0 Å². The van der Waals surface area contributed by atoms with Crippen LogP contribution in [0.4, 0.5) is 4.79 Å². The lowest BCUT2D eigenvalue weighted by Gasteiger charge is -2.55. The minimum atomic E-state index is -0.329. The highest BCUT2D eigenvalue weighted by atomic mass is 32.1. The highest BCUT2D eigenvalue weighted by Gasteiger charge is 2.58. The van der Waals surface area contributed by atoms with Crippen LogP contribution in [-0.2, 0) is 4.74 Å². The number of nitrogens with zero attached hydrogens (tertiary/aromatic N) is 2. The van der Waals surface area contributed by atoms with E-state index in [2.05, 4.69) is 20.6 Å². The fourth-order valence-electron chi connectivity index (χ4n) is 6.40. The van der Waals surface area contributed by atoms with E-state index in [0.717, 1.165) is 38.5 Å². The maximum absolute atomic E-state index is 13.7. The zero-order valence-corrected chi connectivity index (χ0v) is 18.1. The maximum atomic E-state index is 13.7. The normalized spacial score (nSPS) is 34.5. The average molecular weight is 444 g/mol. The summed E-state index contributed by atoms with van der Waals surface area (Å²) in [5, 5.41) is 6.69. The van der Waals surface area contributed by atoms with Gasteiger partial charge in [0.05, 0.1) is 22.1 Å². The molecule has 1 spiro atoms. The number of carbonyl (C=O) groups is 2. The number of piperidine rings is 1. The minimum Gasteiger partial charge on any atom is -0.358 e. The van der Waals surface area contributed by atoms with Gasteiger partial charge in [-0.2, -0.15) is 0 Å². The number of ether oxygens (including phenoxy) is 1. The summed E-state index contributed by atoms with van der Waals surface area (Å²) in [4.78, 5) is 48.4. The lowest BCUT2D eigenvalue weighted by molar-refractivity contribution is -0.0992. The number of carbonyl (C=O) groups excluding carboxylic acids is 2. The lowest BCUT2D eigenvalue weighted by atomic mass is 9.69. The maximum Gasteiger partial charge on any atom is 0.317 e. The first kappa shape index (κ1) is 19.2. The molecule has 3 N–H and O–H groups in total. The number of thiophene rings is 1. The van der Waals surface area contributed by atoms with Gasteiger partial charge in [0.2, 0.25) is 0 Å². The molecule has 4 atom stereocenters. The van der Waals surface area contributed by atoms with Crippen LogP contribution in [0.2, 0.25) is 0 Å². The average Bonchev–Trinajstić information content (AvgIpc) is 3.23. The number of hydrogen-bond acceptors (Lipinski definition) is 6. The molecule has 0 aromatic carbocycles. The molecule has 164 valence electrons. The van der Waals surface area contributed by atoms with Gasteiger partial charge in [-0.05, 0) is 51.0 Å². The number of hydrogen-bond donors (Lipinski definition) is 3. The molecule has 10 heteroatoms. The standard InChI is InChI=1S/C21H25N5O4S/c1-10-14-16(27)22-9-23-18(14)31-15(10)19(28)26-11-4-5-12(26)8-21(7-11)13-3-2-6-30-17(13)24-20(29)25-21/h9,11-13,17H,2-8H2,1H3,(H,22,23,27)(H2,24,25,29)/t11-,12-,13+,17-/m0/s1. The van der Waals surface area contributed by atoms with Gasteiger partial charge in [0, 0.05) is 24.6 Å². The van der Waals surface area contributed by atoms with E-state index in [1.807, 2.05) is 11.8 Å². The van der Waals surface area contributed by atoms with Crippen molar-refractivity contribution >= 4 is 33.5 Å². The molecular weight excluding hydrogens is 418 g/mol. The molecule has 0 saturated carbocycles. The largest absolute Gasteiger partial charge is 0.358 e. The Kier molecular flexibility index (Phi) is 4.20. The van der Waals surface area contributed by atoms with Crippen LogP contribution < -0.4 is 16.2 Å². The van der Waals surface area contributed by atoms with Gasteiger partial charge in [0.15, 0.2) is 0 Å². The molecule has 4 fully saturated rings. The van der Waals surface area contributed by atoms with Crippen molar-refractivity contribution in [2.75, 3.05) is 6.61 Å². The number of nitrogens with one attached hydrogen (secondary N) is 3. The van der Waals surface area contributed by atoms with Crippen LogP contribution in [0.25, 0.3) is 10.2 Å². The third-order valence-electron chi connectivity index (χ3n) is 7.65. The Morgan fingerprint density at radius 2 is 2.03 bits per heavy atom. The Balaban J connectivity index is 1.33. The van der Waals surface area contributed by atoms with Crippen LogP contribution in [0.1, 0.15) is 53.8 Å². The van der Waals surface area contributed by atoms with Gasteiger partial charge in [-0.3, -0.25) is 9.59 Å². The molecule has 0 unspecified atom stereocenters. The summed E-state index contributed by atoms with van der Waals surface area (Å²) in [6, 6.07) is -0.0286. The third kappa shape index (κ3) is 2.77. The Labute approximate surface area is 182 Å². The summed E-state index contributed by atoms with van der Waals surface area (Å²) in [5.41, 5.74) is 0.165. The summed E-state index contributed by atoms with van der Waals surface area (Å²) in [6.45, 7) is 2.50. The first-order valence-electron chi connectivity index (χ1n) is 11.0. The molecule has 3 amide bonds.